The van der Waals surface area contributed by atoms with Gasteiger partial charge < -0.3 is 36.7 Å². The van der Waals surface area contributed by atoms with Crippen LogP contribution in [-0.4, -0.2) is 29.0 Å². The maximum absolute atomic E-state index is 8.64. The van der Waals surface area contributed by atoms with Crippen LogP contribution in [0.2, 0.25) is 0 Å². The number of hydrazine groups is 1. The lowest BCUT2D eigenvalue weighted by atomic mass is 9.81. The lowest BCUT2D eigenvalue weighted by molar-refractivity contribution is 0.226. The van der Waals surface area contributed by atoms with Crippen LogP contribution < -0.4 is 27.9 Å². The molecule has 1 fully saturated rings. The zero-order valence-corrected chi connectivity index (χ0v) is 18.5. The summed E-state index contributed by atoms with van der Waals surface area (Å²) in [4.78, 5) is 4.25. The smallest absolute Gasteiger partial charge is 0.292 e. The molecule has 9 N–H and O–H groups in total. The Bertz CT molecular complexity index is 1390. The normalized spacial score (nSPS) is 21.8. The van der Waals surface area contributed by atoms with Crippen molar-refractivity contribution >= 4 is 22.9 Å². The van der Waals surface area contributed by atoms with Crippen molar-refractivity contribution in [3.8, 4) is 0 Å². The van der Waals surface area contributed by atoms with Crippen LogP contribution in [-0.2, 0) is 29.8 Å². The Kier molecular flexibility index (Phi) is 4.54. The molecule has 10 nitrogen and oxygen atoms in total. The minimum atomic E-state index is -1.23. The van der Waals surface area contributed by atoms with Crippen molar-refractivity contribution in [3.63, 3.8) is 0 Å². The van der Waals surface area contributed by atoms with Gasteiger partial charge in [-0.05, 0) is 53.4 Å². The van der Waals surface area contributed by atoms with Gasteiger partial charge in [-0.25, -0.2) is 5.43 Å². The number of anilines is 1. The third-order valence-corrected chi connectivity index (χ3v) is 6.73. The number of hydrogen-bond donors (Lipinski definition) is 6. The Morgan fingerprint density at radius 3 is 2.91 bits per heavy atom. The highest BCUT2D eigenvalue weighted by Crippen LogP contribution is 2.45. The van der Waals surface area contributed by atoms with Gasteiger partial charge in [-0.1, -0.05) is 24.3 Å². The van der Waals surface area contributed by atoms with E-state index in [0.717, 1.165) is 30.8 Å². The highest BCUT2D eigenvalue weighted by molar-refractivity contribution is 5.95. The molecule has 3 aliphatic heterocycles. The second-order valence-corrected chi connectivity index (χ2v) is 8.77. The number of ether oxygens (including phenoxy) is 1. The minimum absolute atomic E-state index is 0.0768. The average Bonchev–Trinajstić information content (AvgIpc) is 3.37. The summed E-state index contributed by atoms with van der Waals surface area (Å²) >= 11 is 0. The van der Waals surface area contributed by atoms with E-state index < -0.39 is 5.54 Å². The van der Waals surface area contributed by atoms with Gasteiger partial charge in [0.1, 0.15) is 18.0 Å². The fraction of sp³-hybridized carbons (Fsp3) is 0.250. The van der Waals surface area contributed by atoms with Crippen LogP contribution in [0.1, 0.15) is 22.3 Å². The predicted molar refractivity (Wildman–Crippen MR) is 128 cm³/mol. The van der Waals surface area contributed by atoms with Gasteiger partial charge in [0.25, 0.3) is 6.01 Å². The first-order chi connectivity index (χ1) is 16.5. The monoisotopic (exact) mass is 458 g/mol. The van der Waals surface area contributed by atoms with E-state index in [0.29, 0.717) is 35.4 Å². The zero-order chi connectivity index (χ0) is 23.4. The molecule has 2 aromatic carbocycles. The molecular weight excluding hydrogens is 432 g/mol. The highest BCUT2D eigenvalue weighted by atomic mass is 16.5. The summed E-state index contributed by atoms with van der Waals surface area (Å²) in [7, 11) is 0. The van der Waals surface area contributed by atoms with E-state index in [1.165, 1.54) is 11.1 Å². The van der Waals surface area contributed by atoms with Gasteiger partial charge in [0, 0.05) is 6.54 Å². The number of nitrogens with zero attached hydrogens (tertiary/aromatic N) is 2. The van der Waals surface area contributed by atoms with Crippen molar-refractivity contribution in [2.75, 3.05) is 18.9 Å². The second kappa shape index (κ2) is 7.51. The maximum atomic E-state index is 8.64. The summed E-state index contributed by atoms with van der Waals surface area (Å²) in [6.07, 6.45) is 2.96. The van der Waals surface area contributed by atoms with E-state index >= 15 is 0 Å². The molecule has 1 atom stereocenters. The highest BCUT2D eigenvalue weighted by Gasteiger charge is 2.52. The maximum Gasteiger partial charge on any atom is 0.292 e. The van der Waals surface area contributed by atoms with Crippen LogP contribution in [0.15, 0.2) is 64.0 Å². The van der Waals surface area contributed by atoms with Gasteiger partial charge in [0.2, 0.25) is 0 Å². The third-order valence-electron chi connectivity index (χ3n) is 6.73. The zero-order valence-electron chi connectivity index (χ0n) is 18.5. The van der Waals surface area contributed by atoms with Crippen LogP contribution in [0.5, 0.6) is 0 Å². The van der Waals surface area contributed by atoms with Crippen LogP contribution in [0, 0.1) is 5.41 Å². The molecule has 0 spiro atoms. The van der Waals surface area contributed by atoms with E-state index in [1.807, 2.05) is 23.2 Å². The quantitative estimate of drug-likeness (QED) is 0.250. The van der Waals surface area contributed by atoms with Gasteiger partial charge >= 0.3 is 0 Å². The largest absolute Gasteiger partial charge is 0.475 e. The Labute approximate surface area is 195 Å². The van der Waals surface area contributed by atoms with E-state index in [2.05, 4.69) is 33.9 Å². The summed E-state index contributed by atoms with van der Waals surface area (Å²) in [6.45, 7) is 2.78. The molecule has 0 aliphatic carbocycles. The fourth-order valence-corrected chi connectivity index (χ4v) is 5.13. The fourth-order valence-electron chi connectivity index (χ4n) is 5.13. The molecular formula is C24H26N8O2. The van der Waals surface area contributed by atoms with Crippen molar-refractivity contribution in [2.24, 2.45) is 11.5 Å². The SMILES string of the molecule is N=C(N)C1(c2ccc3oc(N)nc3c2)NN(Cc2ccc3c(c2)CCNC3)C2=CCOC(N)=C21. The molecule has 174 valence electrons. The summed E-state index contributed by atoms with van der Waals surface area (Å²) in [5.41, 5.74) is 27.8. The topological polar surface area (TPSA) is 164 Å². The molecule has 1 saturated heterocycles. The molecule has 34 heavy (non-hydrogen) atoms. The second-order valence-electron chi connectivity index (χ2n) is 8.77. The molecule has 1 unspecified atom stereocenters. The van der Waals surface area contributed by atoms with Crippen molar-refractivity contribution in [3.05, 3.63) is 81.9 Å². The lowest BCUT2D eigenvalue weighted by Gasteiger charge is -2.31. The third kappa shape index (κ3) is 3.03. The lowest BCUT2D eigenvalue weighted by Crippen LogP contribution is -2.53. The van der Waals surface area contributed by atoms with Crippen molar-refractivity contribution in [2.45, 2.75) is 25.0 Å². The number of nitrogen functional groups attached to an aromatic ring is 1. The number of nitrogens with two attached hydrogens (primary N) is 3. The summed E-state index contributed by atoms with van der Waals surface area (Å²) in [5.74, 6) is 0.121. The molecule has 10 heteroatoms. The number of benzene rings is 2. The number of nitrogens with one attached hydrogen (secondary N) is 3. The van der Waals surface area contributed by atoms with Gasteiger partial charge in [0.05, 0.1) is 17.8 Å². The van der Waals surface area contributed by atoms with Crippen molar-refractivity contribution in [1.82, 2.24) is 20.7 Å². The van der Waals surface area contributed by atoms with E-state index in [-0.39, 0.29) is 17.7 Å². The Balaban J connectivity index is 1.45. The number of hydrogen-bond acceptors (Lipinski definition) is 9. The summed E-state index contributed by atoms with van der Waals surface area (Å²) in [5, 5.41) is 14.0. The average molecular weight is 459 g/mol. The first kappa shape index (κ1) is 20.6. The molecule has 3 aromatic rings. The van der Waals surface area contributed by atoms with Gasteiger partial charge in [-0.2, -0.15) is 4.98 Å². The number of amidine groups is 1. The first-order valence-electron chi connectivity index (χ1n) is 11.2. The Hall–Kier alpha value is -4.02. The molecule has 6 rings (SSSR count). The number of aromatic nitrogens is 1. The molecule has 1 aromatic heterocycles. The van der Waals surface area contributed by atoms with E-state index in [1.54, 1.807) is 6.07 Å². The summed E-state index contributed by atoms with van der Waals surface area (Å²) < 4.78 is 11.1. The van der Waals surface area contributed by atoms with Crippen LogP contribution in [0.3, 0.4) is 0 Å². The van der Waals surface area contributed by atoms with Crippen LogP contribution in [0.25, 0.3) is 11.1 Å². The molecule has 0 radical (unpaired) electrons. The number of oxazole rings is 1. The van der Waals surface area contributed by atoms with Crippen molar-refractivity contribution < 1.29 is 9.15 Å². The van der Waals surface area contributed by atoms with Crippen LogP contribution >= 0.6 is 0 Å². The number of rotatable bonds is 4. The molecule has 4 heterocycles. The molecule has 0 saturated carbocycles. The Morgan fingerprint density at radius 1 is 1.18 bits per heavy atom. The van der Waals surface area contributed by atoms with Gasteiger partial charge in [-0.15, -0.1) is 0 Å². The van der Waals surface area contributed by atoms with Gasteiger partial charge in [0.15, 0.2) is 17.0 Å². The molecule has 0 amide bonds. The Morgan fingerprint density at radius 2 is 2.06 bits per heavy atom. The van der Waals surface area contributed by atoms with E-state index in [9.17, 15) is 0 Å². The van der Waals surface area contributed by atoms with Gasteiger partial charge in [-0.3, -0.25) is 5.41 Å². The van der Waals surface area contributed by atoms with Crippen molar-refractivity contribution in [1.29, 1.82) is 5.41 Å². The minimum Gasteiger partial charge on any atom is -0.475 e. The molecule has 3 aliphatic rings. The first-order valence-corrected chi connectivity index (χ1v) is 11.2. The van der Waals surface area contributed by atoms with Crippen LogP contribution in [0.4, 0.5) is 6.01 Å². The molecule has 0 bridgehead atoms. The predicted octanol–water partition coefficient (Wildman–Crippen LogP) is 1.29. The summed E-state index contributed by atoms with van der Waals surface area (Å²) in [6, 6.07) is 12.1. The van der Waals surface area contributed by atoms with E-state index in [4.69, 9.17) is 31.8 Å². The number of fused-ring (bicyclic) bond motifs is 3. The standard InChI is InChI=1S/C24H26N8O2/c25-21-20-18(6-8-33-21)32(12-13-1-2-15-11-29-7-5-14(15)9-13)31-24(20,22(26)27)16-3-4-19-17(10-16)30-23(28)34-19/h1-4,6,9-10,29,31H,5,7-8,11-12,25H2,(H3,26,27)(H2,28,30).